The second kappa shape index (κ2) is 6.02. The summed E-state index contributed by atoms with van der Waals surface area (Å²) in [6.45, 7) is 0.927. The van der Waals surface area contributed by atoms with Gasteiger partial charge in [-0.15, -0.1) is 0 Å². The molecule has 1 aliphatic heterocycles. The zero-order chi connectivity index (χ0) is 13.8. The zero-order valence-corrected chi connectivity index (χ0v) is 11.2. The highest BCUT2D eigenvalue weighted by Crippen LogP contribution is 2.23. The number of likely N-dealkylation sites (tertiary alicyclic amines) is 1. The first-order valence-electron chi connectivity index (χ1n) is 6.72. The van der Waals surface area contributed by atoms with Crippen molar-refractivity contribution in [1.82, 2.24) is 9.47 Å². The second-order valence-corrected chi connectivity index (χ2v) is 5.03. The lowest BCUT2D eigenvalue weighted by molar-refractivity contribution is 0.0723. The fourth-order valence-corrected chi connectivity index (χ4v) is 2.62. The van der Waals surface area contributed by atoms with E-state index >= 15 is 0 Å². The van der Waals surface area contributed by atoms with Crippen molar-refractivity contribution in [3.05, 3.63) is 34.2 Å². The Morgan fingerprint density at radius 2 is 2.26 bits per heavy atom. The average Bonchev–Trinajstić information content (AvgIpc) is 2.87. The number of pyridine rings is 1. The highest BCUT2D eigenvalue weighted by atomic mass is 16.3. The number of amides is 1. The predicted octanol–water partition coefficient (Wildman–Crippen LogP) is 0.762. The van der Waals surface area contributed by atoms with Crippen molar-refractivity contribution >= 4 is 5.91 Å². The van der Waals surface area contributed by atoms with E-state index in [1.807, 2.05) is 4.90 Å². The molecule has 5 heteroatoms. The van der Waals surface area contributed by atoms with Gasteiger partial charge in [-0.25, -0.2) is 0 Å². The van der Waals surface area contributed by atoms with Crippen molar-refractivity contribution < 1.29 is 9.90 Å². The summed E-state index contributed by atoms with van der Waals surface area (Å²) in [6.07, 6.45) is 5.16. The molecular weight excluding hydrogens is 244 g/mol. The Labute approximate surface area is 112 Å². The molecule has 104 valence electrons. The summed E-state index contributed by atoms with van der Waals surface area (Å²) in [5, 5.41) is 8.89. The maximum atomic E-state index is 12.4. The largest absolute Gasteiger partial charge is 0.396 e. The van der Waals surface area contributed by atoms with Crippen LogP contribution in [0.4, 0.5) is 0 Å². The standard InChI is InChI=1S/C14H20N2O3/c1-15-10-11(6-7-13(15)18)14(19)16-8-2-4-12(16)5-3-9-17/h6-7,10,12,17H,2-5,8-9H2,1H3. The normalized spacial score (nSPS) is 18.8. The predicted molar refractivity (Wildman–Crippen MR) is 72.1 cm³/mol. The van der Waals surface area contributed by atoms with Crippen LogP contribution in [0.25, 0.3) is 0 Å². The first kappa shape index (κ1) is 13.8. The third kappa shape index (κ3) is 3.04. The molecule has 5 nitrogen and oxygen atoms in total. The van der Waals surface area contributed by atoms with Crippen molar-refractivity contribution in [2.45, 2.75) is 31.7 Å². The first-order valence-corrected chi connectivity index (χ1v) is 6.72. The Morgan fingerprint density at radius 3 is 2.95 bits per heavy atom. The van der Waals surface area contributed by atoms with Gasteiger partial charge in [-0.05, 0) is 31.7 Å². The Morgan fingerprint density at radius 1 is 1.47 bits per heavy atom. The molecule has 0 bridgehead atoms. The van der Waals surface area contributed by atoms with Crippen LogP contribution in [0.5, 0.6) is 0 Å². The van der Waals surface area contributed by atoms with Gasteiger partial charge >= 0.3 is 0 Å². The van der Waals surface area contributed by atoms with E-state index in [1.165, 1.54) is 10.6 Å². The summed E-state index contributed by atoms with van der Waals surface area (Å²) in [4.78, 5) is 25.6. The van der Waals surface area contributed by atoms with Gasteiger partial charge in [0.25, 0.3) is 5.91 Å². The maximum absolute atomic E-state index is 12.4. The molecule has 1 aromatic rings. The number of nitrogens with zero attached hydrogens (tertiary/aromatic N) is 2. The van der Waals surface area contributed by atoms with Gasteiger partial charge < -0.3 is 14.6 Å². The topological polar surface area (TPSA) is 62.5 Å². The number of aromatic nitrogens is 1. The number of aryl methyl sites for hydroxylation is 1. The summed E-state index contributed by atoms with van der Waals surface area (Å²) >= 11 is 0. The SMILES string of the molecule is Cn1cc(C(=O)N2CCCC2CCCO)ccc1=O. The number of rotatable bonds is 4. The first-order chi connectivity index (χ1) is 9.13. The summed E-state index contributed by atoms with van der Waals surface area (Å²) in [7, 11) is 1.65. The van der Waals surface area contributed by atoms with E-state index in [2.05, 4.69) is 0 Å². The number of hydrogen-bond acceptors (Lipinski definition) is 3. The van der Waals surface area contributed by atoms with E-state index in [0.29, 0.717) is 5.56 Å². The van der Waals surface area contributed by atoms with Gasteiger partial charge in [0, 0.05) is 38.5 Å². The molecule has 2 heterocycles. The van der Waals surface area contributed by atoms with Crippen LogP contribution in [0.3, 0.4) is 0 Å². The summed E-state index contributed by atoms with van der Waals surface area (Å²) in [5.74, 6) is -0.0176. The van der Waals surface area contributed by atoms with Crippen LogP contribution in [0.2, 0.25) is 0 Å². The molecule has 1 fully saturated rings. The molecule has 1 atom stereocenters. The van der Waals surface area contributed by atoms with E-state index in [0.717, 1.165) is 32.2 Å². The van der Waals surface area contributed by atoms with Crippen molar-refractivity contribution in [1.29, 1.82) is 0 Å². The number of aliphatic hydroxyl groups excluding tert-OH is 1. The lowest BCUT2D eigenvalue weighted by Crippen LogP contribution is -2.36. The van der Waals surface area contributed by atoms with Crippen LogP contribution in [0.15, 0.2) is 23.1 Å². The summed E-state index contributed by atoms with van der Waals surface area (Å²) < 4.78 is 1.42. The second-order valence-electron chi connectivity index (χ2n) is 5.03. The zero-order valence-electron chi connectivity index (χ0n) is 11.2. The highest BCUT2D eigenvalue weighted by Gasteiger charge is 2.28. The minimum Gasteiger partial charge on any atom is -0.396 e. The van der Waals surface area contributed by atoms with Crippen molar-refractivity contribution in [2.24, 2.45) is 7.05 Å². The van der Waals surface area contributed by atoms with Crippen LogP contribution in [0.1, 0.15) is 36.0 Å². The molecule has 0 spiro atoms. The van der Waals surface area contributed by atoms with Gasteiger partial charge in [-0.1, -0.05) is 0 Å². The molecule has 1 unspecified atom stereocenters. The number of carbonyl (C=O) groups is 1. The molecule has 0 radical (unpaired) electrons. The van der Waals surface area contributed by atoms with Crippen molar-refractivity contribution in [2.75, 3.05) is 13.2 Å². The fourth-order valence-electron chi connectivity index (χ4n) is 2.62. The van der Waals surface area contributed by atoms with Crippen LogP contribution < -0.4 is 5.56 Å². The minimum absolute atomic E-state index is 0.0176. The molecule has 1 aliphatic rings. The molecule has 0 saturated carbocycles. The van der Waals surface area contributed by atoms with Gasteiger partial charge in [-0.3, -0.25) is 9.59 Å². The molecule has 1 aromatic heterocycles. The summed E-state index contributed by atoms with van der Waals surface area (Å²) in [5.41, 5.74) is 0.438. The van der Waals surface area contributed by atoms with E-state index < -0.39 is 0 Å². The quantitative estimate of drug-likeness (QED) is 0.873. The van der Waals surface area contributed by atoms with Crippen molar-refractivity contribution in [3.63, 3.8) is 0 Å². The maximum Gasteiger partial charge on any atom is 0.255 e. The molecule has 0 aliphatic carbocycles. The van der Waals surface area contributed by atoms with Crippen LogP contribution in [0, 0.1) is 0 Å². The van der Waals surface area contributed by atoms with E-state index in [-0.39, 0.29) is 24.1 Å². The Hall–Kier alpha value is -1.62. The third-order valence-electron chi connectivity index (χ3n) is 3.67. The Kier molecular flexibility index (Phi) is 4.37. The molecular formula is C14H20N2O3. The smallest absolute Gasteiger partial charge is 0.255 e. The lowest BCUT2D eigenvalue weighted by atomic mass is 10.1. The molecule has 2 rings (SSSR count). The van der Waals surface area contributed by atoms with E-state index in [4.69, 9.17) is 5.11 Å². The monoisotopic (exact) mass is 264 g/mol. The van der Waals surface area contributed by atoms with Gasteiger partial charge in [0.2, 0.25) is 5.56 Å². The molecule has 1 N–H and O–H groups in total. The van der Waals surface area contributed by atoms with Gasteiger partial charge in [-0.2, -0.15) is 0 Å². The Bertz CT molecular complexity index is 510. The van der Waals surface area contributed by atoms with Crippen LogP contribution >= 0.6 is 0 Å². The molecule has 1 saturated heterocycles. The number of hydrogen-bond donors (Lipinski definition) is 1. The van der Waals surface area contributed by atoms with Gasteiger partial charge in [0.15, 0.2) is 0 Å². The van der Waals surface area contributed by atoms with Crippen molar-refractivity contribution in [3.8, 4) is 0 Å². The number of aliphatic hydroxyl groups is 1. The van der Waals surface area contributed by atoms with Gasteiger partial charge in [0.1, 0.15) is 0 Å². The fraction of sp³-hybridized carbons (Fsp3) is 0.571. The third-order valence-corrected chi connectivity index (χ3v) is 3.67. The Balaban J connectivity index is 2.13. The lowest BCUT2D eigenvalue weighted by Gasteiger charge is -2.24. The van der Waals surface area contributed by atoms with E-state index in [1.54, 1.807) is 19.3 Å². The molecule has 19 heavy (non-hydrogen) atoms. The minimum atomic E-state index is -0.116. The molecule has 0 aromatic carbocycles. The van der Waals surface area contributed by atoms with Crippen LogP contribution in [-0.4, -0.2) is 39.7 Å². The summed E-state index contributed by atoms with van der Waals surface area (Å²) in [6, 6.07) is 3.23. The van der Waals surface area contributed by atoms with E-state index in [9.17, 15) is 9.59 Å². The van der Waals surface area contributed by atoms with Gasteiger partial charge in [0.05, 0.1) is 5.56 Å². The van der Waals surface area contributed by atoms with Crippen LogP contribution in [-0.2, 0) is 7.05 Å². The highest BCUT2D eigenvalue weighted by molar-refractivity contribution is 5.94. The average molecular weight is 264 g/mol. The number of carbonyl (C=O) groups excluding carboxylic acids is 1. The molecule has 1 amide bonds.